The largest absolute Gasteiger partial charge is 0.364 e. The molecule has 0 saturated carbocycles. The first-order valence-electron chi connectivity index (χ1n) is 2.79. The van der Waals surface area contributed by atoms with Crippen LogP contribution in [0.15, 0.2) is 0 Å². The molecule has 1 rings (SSSR count). The van der Waals surface area contributed by atoms with E-state index in [-0.39, 0.29) is 0 Å². The number of rotatable bonds is 0. The van der Waals surface area contributed by atoms with Gasteiger partial charge in [-0.15, -0.1) is 0 Å². The molecule has 0 bridgehead atoms. The molecule has 0 aliphatic carbocycles. The third-order valence-electron chi connectivity index (χ3n) is 1.21. The summed E-state index contributed by atoms with van der Waals surface area (Å²) in [7, 11) is 0. The van der Waals surface area contributed by atoms with E-state index >= 15 is 0 Å². The molecule has 54 valence electrons. The van der Waals surface area contributed by atoms with Crippen molar-refractivity contribution in [2.24, 2.45) is 0 Å². The van der Waals surface area contributed by atoms with Crippen molar-refractivity contribution < 1.29 is 19.7 Å². The van der Waals surface area contributed by atoms with E-state index in [9.17, 15) is 0 Å². The molecule has 1 fully saturated rings. The van der Waals surface area contributed by atoms with Gasteiger partial charge in [-0.3, -0.25) is 0 Å². The van der Waals surface area contributed by atoms with E-state index in [2.05, 4.69) is 4.74 Å². The number of aliphatic hydroxyl groups is 2. The fourth-order valence-corrected chi connectivity index (χ4v) is 0.634. The molecule has 1 saturated heterocycles. The molecule has 0 aromatic heterocycles. The first kappa shape index (κ1) is 6.95. The molecular formula is C5H10O4. The maximum Gasteiger partial charge on any atom is 0.215 e. The maximum absolute atomic E-state index is 9.05. The predicted octanol–water partition coefficient (Wildman–Crippen LogP) is -0.940. The highest BCUT2D eigenvalue weighted by Crippen LogP contribution is 2.16. The minimum atomic E-state index is -1.53. The Morgan fingerprint density at radius 2 is 2.22 bits per heavy atom. The molecule has 9 heavy (non-hydrogen) atoms. The summed E-state index contributed by atoms with van der Waals surface area (Å²) in [5.41, 5.74) is 0. The van der Waals surface area contributed by atoms with Crippen LogP contribution in [0.2, 0.25) is 0 Å². The molecule has 2 N–H and O–H groups in total. The van der Waals surface area contributed by atoms with Crippen LogP contribution in [0, 0.1) is 0 Å². The zero-order valence-electron chi connectivity index (χ0n) is 5.20. The lowest BCUT2D eigenvalue weighted by atomic mass is 10.3. The second-order valence-electron chi connectivity index (χ2n) is 2.13. The van der Waals surface area contributed by atoms with Crippen LogP contribution in [-0.2, 0) is 9.47 Å². The Morgan fingerprint density at radius 3 is 2.56 bits per heavy atom. The Kier molecular flexibility index (Phi) is 1.72. The van der Waals surface area contributed by atoms with Crippen LogP contribution in [0.4, 0.5) is 0 Å². The van der Waals surface area contributed by atoms with Crippen molar-refractivity contribution in [3.05, 3.63) is 0 Å². The fraction of sp³-hybridized carbons (Fsp3) is 1.00. The van der Waals surface area contributed by atoms with Gasteiger partial charge >= 0.3 is 0 Å². The minimum absolute atomic E-state index is 0.323. The van der Waals surface area contributed by atoms with Gasteiger partial charge in [-0.05, 0) is 6.92 Å². The summed E-state index contributed by atoms with van der Waals surface area (Å²) in [5.74, 6) is -1.53. The first-order valence-corrected chi connectivity index (χ1v) is 2.79. The first-order chi connectivity index (χ1) is 4.13. The van der Waals surface area contributed by atoms with Gasteiger partial charge in [0.25, 0.3) is 0 Å². The molecule has 0 aromatic rings. The fourth-order valence-electron chi connectivity index (χ4n) is 0.634. The average Bonchev–Trinajstić information content (AvgIpc) is 1.77. The Hall–Kier alpha value is -0.160. The number of hydrogen-bond acceptors (Lipinski definition) is 4. The van der Waals surface area contributed by atoms with E-state index < -0.39 is 12.1 Å². The van der Waals surface area contributed by atoms with Gasteiger partial charge in [-0.2, -0.15) is 0 Å². The standard InChI is InChI=1S/C5H10O4/c1-5(7)4(6)8-2-3-9-5/h4,6-7H,2-3H2,1H3. The van der Waals surface area contributed by atoms with E-state index in [1.54, 1.807) is 0 Å². The van der Waals surface area contributed by atoms with Gasteiger partial charge in [0, 0.05) is 0 Å². The van der Waals surface area contributed by atoms with E-state index in [0.29, 0.717) is 13.2 Å². The van der Waals surface area contributed by atoms with Gasteiger partial charge in [0.05, 0.1) is 13.2 Å². The van der Waals surface area contributed by atoms with E-state index in [1.807, 2.05) is 0 Å². The lowest BCUT2D eigenvalue weighted by molar-refractivity contribution is -0.350. The van der Waals surface area contributed by atoms with Crippen LogP contribution < -0.4 is 0 Å². The summed E-state index contributed by atoms with van der Waals surface area (Å²) in [6.07, 6.45) is -1.22. The maximum atomic E-state index is 9.05. The summed E-state index contributed by atoms with van der Waals surface area (Å²) in [6.45, 7) is 2.01. The van der Waals surface area contributed by atoms with E-state index in [1.165, 1.54) is 6.92 Å². The topological polar surface area (TPSA) is 58.9 Å². The van der Waals surface area contributed by atoms with Gasteiger partial charge in [-0.25, -0.2) is 0 Å². The molecule has 2 atom stereocenters. The van der Waals surface area contributed by atoms with Crippen LogP contribution in [0.5, 0.6) is 0 Å². The van der Waals surface area contributed by atoms with Gasteiger partial charge < -0.3 is 19.7 Å². The Bertz CT molecular complexity index is 101. The highest BCUT2D eigenvalue weighted by atomic mass is 16.7. The third kappa shape index (κ3) is 1.40. The van der Waals surface area contributed by atoms with Gasteiger partial charge in [0.1, 0.15) is 0 Å². The molecule has 1 aliphatic rings. The molecular weight excluding hydrogens is 124 g/mol. The van der Waals surface area contributed by atoms with Gasteiger partial charge in [0.15, 0.2) is 0 Å². The Labute approximate surface area is 53.0 Å². The quantitative estimate of drug-likeness (QED) is 0.449. The lowest BCUT2D eigenvalue weighted by Gasteiger charge is -2.32. The van der Waals surface area contributed by atoms with Crippen LogP contribution in [0.3, 0.4) is 0 Å². The van der Waals surface area contributed by atoms with Crippen molar-refractivity contribution in [3.8, 4) is 0 Å². The van der Waals surface area contributed by atoms with Crippen LogP contribution in [-0.4, -0.2) is 35.5 Å². The van der Waals surface area contributed by atoms with Crippen molar-refractivity contribution >= 4 is 0 Å². The van der Waals surface area contributed by atoms with Crippen molar-refractivity contribution in [1.29, 1.82) is 0 Å². The molecule has 1 heterocycles. The summed E-state index contributed by atoms with van der Waals surface area (Å²) in [5, 5.41) is 17.9. The summed E-state index contributed by atoms with van der Waals surface area (Å²) in [6, 6.07) is 0. The SMILES string of the molecule is CC1(O)OCCOC1O. The summed E-state index contributed by atoms with van der Waals surface area (Å²) < 4.78 is 9.43. The van der Waals surface area contributed by atoms with Gasteiger partial charge in [0.2, 0.25) is 12.1 Å². The van der Waals surface area contributed by atoms with Crippen molar-refractivity contribution in [2.75, 3.05) is 13.2 Å². The molecule has 0 spiro atoms. The molecule has 0 radical (unpaired) electrons. The molecule has 2 unspecified atom stereocenters. The summed E-state index contributed by atoms with van der Waals surface area (Å²) in [4.78, 5) is 0. The molecule has 4 heteroatoms. The highest BCUT2D eigenvalue weighted by molar-refractivity contribution is 4.66. The molecule has 4 nitrogen and oxygen atoms in total. The lowest BCUT2D eigenvalue weighted by Crippen LogP contribution is -2.48. The van der Waals surface area contributed by atoms with Crippen molar-refractivity contribution in [1.82, 2.24) is 0 Å². The molecule has 1 aliphatic heterocycles. The Balaban J connectivity index is 2.49. The minimum Gasteiger partial charge on any atom is -0.364 e. The van der Waals surface area contributed by atoms with Crippen LogP contribution in [0.1, 0.15) is 6.92 Å². The Morgan fingerprint density at radius 1 is 1.56 bits per heavy atom. The smallest absolute Gasteiger partial charge is 0.215 e. The van der Waals surface area contributed by atoms with Crippen LogP contribution in [0.25, 0.3) is 0 Å². The second kappa shape index (κ2) is 2.22. The summed E-state index contributed by atoms with van der Waals surface area (Å²) >= 11 is 0. The van der Waals surface area contributed by atoms with Crippen molar-refractivity contribution in [3.63, 3.8) is 0 Å². The third-order valence-corrected chi connectivity index (χ3v) is 1.21. The van der Waals surface area contributed by atoms with E-state index in [0.717, 1.165) is 0 Å². The number of ether oxygens (including phenoxy) is 2. The number of aliphatic hydroxyl groups excluding tert-OH is 1. The van der Waals surface area contributed by atoms with Crippen LogP contribution >= 0.6 is 0 Å². The monoisotopic (exact) mass is 134 g/mol. The molecule has 0 amide bonds. The normalized spacial score (nSPS) is 45.0. The zero-order chi connectivity index (χ0) is 6.91. The predicted molar refractivity (Wildman–Crippen MR) is 28.5 cm³/mol. The second-order valence-corrected chi connectivity index (χ2v) is 2.13. The highest BCUT2D eigenvalue weighted by Gasteiger charge is 2.35. The zero-order valence-corrected chi connectivity index (χ0v) is 5.20. The number of hydrogen-bond donors (Lipinski definition) is 2. The van der Waals surface area contributed by atoms with Gasteiger partial charge in [-0.1, -0.05) is 0 Å². The van der Waals surface area contributed by atoms with E-state index in [4.69, 9.17) is 14.9 Å². The average molecular weight is 134 g/mol. The molecule has 0 aromatic carbocycles. The van der Waals surface area contributed by atoms with Crippen molar-refractivity contribution in [2.45, 2.75) is 19.0 Å².